The highest BCUT2D eigenvalue weighted by atomic mass is 32.2. The van der Waals surface area contributed by atoms with Crippen molar-refractivity contribution in [2.75, 3.05) is 19.6 Å². The molecule has 1 aliphatic rings. The Hall–Kier alpha value is -2.49. The first-order valence-corrected chi connectivity index (χ1v) is 13.5. The van der Waals surface area contributed by atoms with Crippen molar-refractivity contribution in [3.8, 4) is 0 Å². The van der Waals surface area contributed by atoms with Crippen LogP contribution in [0.25, 0.3) is 10.2 Å². The van der Waals surface area contributed by atoms with Crippen LogP contribution >= 0.6 is 11.3 Å². The number of piperidine rings is 1. The zero-order chi connectivity index (χ0) is 23.6. The van der Waals surface area contributed by atoms with E-state index in [1.165, 1.54) is 9.87 Å². The molecule has 1 saturated heterocycles. The fraction of sp³-hybridized carbons (Fsp3) is 0.417. The first kappa shape index (κ1) is 23.7. The Morgan fingerprint density at radius 3 is 2.52 bits per heavy atom. The maximum absolute atomic E-state index is 13.2. The van der Waals surface area contributed by atoms with Gasteiger partial charge in [-0.05, 0) is 49.4 Å². The van der Waals surface area contributed by atoms with Gasteiger partial charge in [-0.3, -0.25) is 14.2 Å². The second kappa shape index (κ2) is 9.79. The van der Waals surface area contributed by atoms with Crippen LogP contribution in [0, 0.1) is 5.92 Å². The molecule has 1 aromatic heterocycles. The van der Waals surface area contributed by atoms with E-state index in [0.717, 1.165) is 16.9 Å². The number of sulfonamides is 1. The first-order chi connectivity index (χ1) is 15.8. The van der Waals surface area contributed by atoms with E-state index in [9.17, 15) is 18.0 Å². The van der Waals surface area contributed by atoms with Gasteiger partial charge in [0.2, 0.25) is 15.9 Å². The van der Waals surface area contributed by atoms with Gasteiger partial charge in [-0.15, -0.1) is 0 Å². The number of rotatable bonds is 7. The fourth-order valence-electron chi connectivity index (χ4n) is 4.31. The minimum atomic E-state index is -3.68. The molecule has 1 aliphatic heterocycles. The average Bonchev–Trinajstić information content (AvgIpc) is 3.16. The second-order valence-electron chi connectivity index (χ2n) is 8.48. The lowest BCUT2D eigenvalue weighted by Crippen LogP contribution is -2.43. The van der Waals surface area contributed by atoms with Gasteiger partial charge in [-0.2, -0.15) is 4.31 Å². The maximum Gasteiger partial charge on any atom is 0.308 e. The molecule has 0 spiro atoms. The number of hydrogen-bond donors (Lipinski definition) is 1. The van der Waals surface area contributed by atoms with Crippen molar-refractivity contribution in [1.29, 1.82) is 0 Å². The van der Waals surface area contributed by atoms with Crippen LogP contribution in [-0.4, -0.2) is 42.8 Å². The summed E-state index contributed by atoms with van der Waals surface area (Å²) >= 11 is 1.06. The van der Waals surface area contributed by atoms with Crippen LogP contribution in [0.4, 0.5) is 0 Å². The fourth-order valence-corrected chi connectivity index (χ4v) is 6.88. The molecule has 2 aromatic carbocycles. The molecule has 4 rings (SSSR count). The molecule has 9 heteroatoms. The van der Waals surface area contributed by atoms with Crippen molar-refractivity contribution in [2.24, 2.45) is 5.92 Å². The molecule has 1 amide bonds. The molecule has 0 unspecified atom stereocenters. The van der Waals surface area contributed by atoms with E-state index in [1.807, 2.05) is 37.3 Å². The highest BCUT2D eigenvalue weighted by Crippen LogP contribution is 2.27. The van der Waals surface area contributed by atoms with Crippen LogP contribution < -0.4 is 10.2 Å². The van der Waals surface area contributed by atoms with Crippen molar-refractivity contribution in [2.45, 2.75) is 44.0 Å². The predicted molar refractivity (Wildman–Crippen MR) is 131 cm³/mol. The molecule has 1 atom stereocenters. The lowest BCUT2D eigenvalue weighted by Gasteiger charge is -2.30. The summed E-state index contributed by atoms with van der Waals surface area (Å²) in [6, 6.07) is 14.9. The van der Waals surface area contributed by atoms with Gasteiger partial charge in [0.05, 0.1) is 15.1 Å². The summed E-state index contributed by atoms with van der Waals surface area (Å²) in [5.41, 5.74) is 1.93. The zero-order valence-electron chi connectivity index (χ0n) is 18.9. The van der Waals surface area contributed by atoms with E-state index in [4.69, 9.17) is 0 Å². The smallest absolute Gasteiger partial charge is 0.308 e. The molecule has 2 heterocycles. The number of benzene rings is 2. The van der Waals surface area contributed by atoms with E-state index >= 15 is 0 Å². The number of fused-ring (bicyclic) bond motifs is 1. The third kappa shape index (κ3) is 4.90. The largest absolute Gasteiger partial charge is 0.355 e. The first-order valence-electron chi connectivity index (χ1n) is 11.3. The molecule has 0 saturated carbocycles. The Morgan fingerprint density at radius 2 is 1.85 bits per heavy atom. The number of thiazole rings is 1. The van der Waals surface area contributed by atoms with E-state index in [0.29, 0.717) is 43.7 Å². The maximum atomic E-state index is 13.2. The van der Waals surface area contributed by atoms with Crippen molar-refractivity contribution < 1.29 is 13.2 Å². The molecule has 7 nitrogen and oxygen atoms in total. The van der Waals surface area contributed by atoms with Crippen molar-refractivity contribution >= 4 is 37.5 Å². The Bertz CT molecular complexity index is 1290. The Kier molecular flexibility index (Phi) is 7.02. The number of carbonyl (C=O) groups is 1. The minimum Gasteiger partial charge on any atom is -0.355 e. The highest BCUT2D eigenvalue weighted by Gasteiger charge is 2.32. The van der Waals surface area contributed by atoms with Crippen LogP contribution in [0.3, 0.4) is 0 Å². The number of hydrogen-bond acceptors (Lipinski definition) is 5. The van der Waals surface area contributed by atoms with E-state index in [1.54, 1.807) is 22.8 Å². The second-order valence-corrected chi connectivity index (χ2v) is 11.4. The average molecular weight is 488 g/mol. The number of aromatic nitrogens is 1. The van der Waals surface area contributed by atoms with Gasteiger partial charge >= 0.3 is 4.87 Å². The standard InChI is InChI=1S/C24H29N3O4S2/c1-3-27-21-10-9-20(15-22(21)32-24(27)29)33(30,31)26-13-11-19(12-14-26)23(28)25-16-17(2)18-7-5-4-6-8-18/h4-10,15,17,19H,3,11-14,16H2,1-2H3,(H,25,28)/t17-/m1/s1. The van der Waals surface area contributed by atoms with Crippen LogP contribution in [0.15, 0.2) is 58.2 Å². The number of nitrogens with one attached hydrogen (secondary N) is 1. The zero-order valence-corrected chi connectivity index (χ0v) is 20.5. The van der Waals surface area contributed by atoms with Crippen LogP contribution in [0.2, 0.25) is 0 Å². The topological polar surface area (TPSA) is 88.5 Å². The summed E-state index contributed by atoms with van der Waals surface area (Å²) < 4.78 is 30.1. The van der Waals surface area contributed by atoms with E-state index in [-0.39, 0.29) is 27.5 Å². The third-order valence-electron chi connectivity index (χ3n) is 6.37. The summed E-state index contributed by atoms with van der Waals surface area (Å²) in [6.45, 7) is 5.68. The van der Waals surface area contributed by atoms with Gasteiger partial charge < -0.3 is 5.32 Å². The molecule has 33 heavy (non-hydrogen) atoms. The van der Waals surface area contributed by atoms with Crippen molar-refractivity contribution in [1.82, 2.24) is 14.2 Å². The highest BCUT2D eigenvalue weighted by molar-refractivity contribution is 7.89. The summed E-state index contributed by atoms with van der Waals surface area (Å²) in [4.78, 5) is 24.9. The molecule has 0 bridgehead atoms. The van der Waals surface area contributed by atoms with Crippen molar-refractivity contribution in [3.05, 3.63) is 63.8 Å². The predicted octanol–water partition coefficient (Wildman–Crippen LogP) is 3.40. The molecular weight excluding hydrogens is 458 g/mol. The van der Waals surface area contributed by atoms with Gasteiger partial charge in [0.15, 0.2) is 0 Å². The van der Waals surface area contributed by atoms with E-state index in [2.05, 4.69) is 12.2 Å². The van der Waals surface area contributed by atoms with Crippen LogP contribution in [0.5, 0.6) is 0 Å². The molecular formula is C24H29N3O4S2. The number of nitrogens with zero attached hydrogens (tertiary/aromatic N) is 2. The summed E-state index contributed by atoms with van der Waals surface area (Å²) in [7, 11) is -3.68. The van der Waals surface area contributed by atoms with Gasteiger partial charge in [-0.1, -0.05) is 48.6 Å². The molecule has 0 radical (unpaired) electrons. The van der Waals surface area contributed by atoms with E-state index < -0.39 is 10.0 Å². The van der Waals surface area contributed by atoms with Crippen LogP contribution in [0.1, 0.15) is 38.2 Å². The van der Waals surface area contributed by atoms with Gasteiger partial charge in [-0.25, -0.2) is 8.42 Å². The van der Waals surface area contributed by atoms with Gasteiger partial charge in [0.25, 0.3) is 0 Å². The molecule has 1 fully saturated rings. The number of carbonyl (C=O) groups excluding carboxylic acids is 1. The monoisotopic (exact) mass is 487 g/mol. The summed E-state index contributed by atoms with van der Waals surface area (Å²) in [6.07, 6.45) is 0.985. The molecule has 1 N–H and O–H groups in total. The number of amides is 1. The molecule has 3 aromatic rings. The summed E-state index contributed by atoms with van der Waals surface area (Å²) in [5.74, 6) is 0.0106. The quantitative estimate of drug-likeness (QED) is 0.553. The van der Waals surface area contributed by atoms with Gasteiger partial charge in [0.1, 0.15) is 0 Å². The Balaban J connectivity index is 1.37. The normalized spacial score (nSPS) is 16.7. The van der Waals surface area contributed by atoms with Crippen LogP contribution in [-0.2, 0) is 21.4 Å². The number of aryl methyl sites for hydroxylation is 1. The minimum absolute atomic E-state index is 0.0121. The molecule has 176 valence electrons. The molecule has 0 aliphatic carbocycles. The Morgan fingerprint density at radius 1 is 1.15 bits per heavy atom. The summed E-state index contributed by atoms with van der Waals surface area (Å²) in [5, 5.41) is 3.03. The SMILES string of the molecule is CCn1c(=O)sc2cc(S(=O)(=O)N3CCC(C(=O)NC[C@@H](C)c4ccccc4)CC3)ccc21. The lowest BCUT2D eigenvalue weighted by molar-refractivity contribution is -0.126. The third-order valence-corrected chi connectivity index (χ3v) is 9.21. The van der Waals surface area contributed by atoms with Crippen molar-refractivity contribution in [3.63, 3.8) is 0 Å². The van der Waals surface area contributed by atoms with Gasteiger partial charge in [0, 0.05) is 32.1 Å². The lowest BCUT2D eigenvalue weighted by atomic mass is 9.96. The Labute approximate surface area is 198 Å².